The quantitative estimate of drug-likeness (QED) is 0.276. The number of ether oxygens (including phenoxy) is 1. The Morgan fingerprint density at radius 1 is 0.867 bits per heavy atom. The van der Waals surface area contributed by atoms with Gasteiger partial charge in [-0.2, -0.15) is 0 Å². The van der Waals surface area contributed by atoms with E-state index >= 15 is 0 Å². The Morgan fingerprint density at radius 2 is 1.70 bits per heavy atom. The van der Waals surface area contributed by atoms with E-state index in [1.807, 2.05) is 59.2 Å². The molecule has 0 saturated carbocycles. The van der Waals surface area contributed by atoms with Crippen LogP contribution >= 0.6 is 46.6 Å². The summed E-state index contributed by atoms with van der Waals surface area (Å²) in [7, 11) is 1.66. The Balaban J connectivity index is 1.76. The number of halogens is 3. The van der Waals surface area contributed by atoms with Crippen LogP contribution in [0.1, 0.15) is 5.56 Å². The van der Waals surface area contributed by atoms with Gasteiger partial charge in [-0.15, -0.1) is 10.2 Å². The van der Waals surface area contributed by atoms with Crippen LogP contribution in [0.15, 0.2) is 71.9 Å². The summed E-state index contributed by atoms with van der Waals surface area (Å²) in [5.41, 5.74) is 2.70. The average Bonchev–Trinajstić information content (AvgIpc) is 3.18. The molecule has 152 valence electrons. The molecule has 0 radical (unpaired) electrons. The number of benzene rings is 3. The second kappa shape index (κ2) is 9.31. The Labute approximate surface area is 193 Å². The minimum absolute atomic E-state index is 0.455. The minimum Gasteiger partial charge on any atom is -0.497 e. The lowest BCUT2D eigenvalue weighted by atomic mass is 10.2. The van der Waals surface area contributed by atoms with Gasteiger partial charge in [-0.25, -0.2) is 0 Å². The fraction of sp³-hybridized carbons (Fsp3) is 0.0909. The molecule has 0 amide bonds. The van der Waals surface area contributed by atoms with E-state index in [2.05, 4.69) is 10.2 Å². The number of thioether (sulfide) groups is 1. The van der Waals surface area contributed by atoms with Crippen molar-refractivity contribution in [3.8, 4) is 22.8 Å². The molecule has 4 rings (SSSR count). The summed E-state index contributed by atoms with van der Waals surface area (Å²) in [6, 6.07) is 20.9. The van der Waals surface area contributed by atoms with Gasteiger partial charge in [0.1, 0.15) is 5.75 Å². The zero-order valence-electron chi connectivity index (χ0n) is 15.8. The van der Waals surface area contributed by atoms with Gasteiger partial charge in [0.25, 0.3) is 0 Å². The van der Waals surface area contributed by atoms with Crippen molar-refractivity contribution in [1.82, 2.24) is 14.8 Å². The summed E-state index contributed by atoms with van der Waals surface area (Å²) in [6.07, 6.45) is 0. The van der Waals surface area contributed by atoms with Crippen molar-refractivity contribution >= 4 is 46.6 Å². The SMILES string of the molecule is COc1cccc(CSc2nnc(-c3ccccc3Cl)n2-c2ccc(Cl)c(Cl)c2)c1. The molecule has 0 atom stereocenters. The number of aromatic nitrogens is 3. The fourth-order valence-corrected chi connectivity index (χ4v) is 4.35. The van der Waals surface area contributed by atoms with Gasteiger partial charge in [0.15, 0.2) is 11.0 Å². The van der Waals surface area contributed by atoms with Crippen LogP contribution in [0, 0.1) is 0 Å². The predicted octanol–water partition coefficient (Wildman–Crippen LogP) is 7.20. The lowest BCUT2D eigenvalue weighted by Gasteiger charge is -2.12. The Kier molecular flexibility index (Phi) is 6.54. The fourth-order valence-electron chi connectivity index (χ4n) is 2.95. The van der Waals surface area contributed by atoms with Crippen molar-refractivity contribution in [3.05, 3.63) is 87.4 Å². The largest absolute Gasteiger partial charge is 0.497 e. The summed E-state index contributed by atoms with van der Waals surface area (Å²) >= 11 is 20.4. The zero-order valence-corrected chi connectivity index (χ0v) is 18.9. The molecular weight excluding hydrogens is 461 g/mol. The third kappa shape index (κ3) is 4.44. The lowest BCUT2D eigenvalue weighted by molar-refractivity contribution is 0.414. The van der Waals surface area contributed by atoms with Gasteiger partial charge < -0.3 is 4.74 Å². The van der Waals surface area contributed by atoms with Crippen LogP contribution in [0.3, 0.4) is 0 Å². The standard InChI is InChI=1S/C22H16Cl3N3OS/c1-29-16-6-4-5-14(11-16)13-30-22-27-26-21(17-7-2-3-8-18(17)23)28(22)15-9-10-19(24)20(25)12-15/h2-12H,13H2,1H3. The van der Waals surface area contributed by atoms with E-state index in [1.54, 1.807) is 31.0 Å². The van der Waals surface area contributed by atoms with Crippen LogP contribution in [0.2, 0.25) is 15.1 Å². The van der Waals surface area contributed by atoms with E-state index in [1.165, 1.54) is 0 Å². The van der Waals surface area contributed by atoms with Gasteiger partial charge in [0.2, 0.25) is 0 Å². The number of hydrogen-bond donors (Lipinski definition) is 0. The Morgan fingerprint density at radius 3 is 2.47 bits per heavy atom. The molecule has 0 bridgehead atoms. The molecule has 0 aliphatic carbocycles. The van der Waals surface area contributed by atoms with Gasteiger partial charge in [-0.1, -0.05) is 70.8 Å². The molecule has 0 aliphatic heterocycles. The number of rotatable bonds is 6. The van der Waals surface area contributed by atoms with E-state index in [9.17, 15) is 0 Å². The molecule has 0 N–H and O–H groups in total. The molecule has 3 aromatic carbocycles. The summed E-state index contributed by atoms with van der Waals surface area (Å²) in [6.45, 7) is 0. The molecule has 4 nitrogen and oxygen atoms in total. The number of nitrogens with zero attached hydrogens (tertiary/aromatic N) is 3. The van der Waals surface area contributed by atoms with Crippen LogP contribution in [0.4, 0.5) is 0 Å². The van der Waals surface area contributed by atoms with Gasteiger partial charge >= 0.3 is 0 Å². The normalized spacial score (nSPS) is 10.9. The second-order valence-electron chi connectivity index (χ2n) is 6.36. The molecule has 0 fully saturated rings. The van der Waals surface area contributed by atoms with Gasteiger partial charge in [0, 0.05) is 11.3 Å². The van der Waals surface area contributed by atoms with Crippen molar-refractivity contribution in [2.24, 2.45) is 0 Å². The average molecular weight is 477 g/mol. The Bertz CT molecular complexity index is 1200. The van der Waals surface area contributed by atoms with Gasteiger partial charge in [0.05, 0.1) is 27.9 Å². The topological polar surface area (TPSA) is 39.9 Å². The monoisotopic (exact) mass is 475 g/mol. The van der Waals surface area contributed by atoms with Crippen molar-refractivity contribution in [2.45, 2.75) is 10.9 Å². The van der Waals surface area contributed by atoms with Crippen molar-refractivity contribution < 1.29 is 4.74 Å². The van der Waals surface area contributed by atoms with Crippen LogP contribution in [-0.4, -0.2) is 21.9 Å². The highest BCUT2D eigenvalue weighted by molar-refractivity contribution is 7.98. The van der Waals surface area contributed by atoms with Crippen LogP contribution in [0.25, 0.3) is 17.1 Å². The summed E-state index contributed by atoms with van der Waals surface area (Å²) < 4.78 is 7.25. The molecule has 30 heavy (non-hydrogen) atoms. The van der Waals surface area contributed by atoms with Crippen LogP contribution < -0.4 is 4.74 Å². The molecule has 1 heterocycles. The first-order valence-electron chi connectivity index (χ1n) is 8.98. The third-order valence-electron chi connectivity index (χ3n) is 4.41. The first-order chi connectivity index (χ1) is 14.6. The second-order valence-corrected chi connectivity index (χ2v) is 8.52. The van der Waals surface area contributed by atoms with E-state index in [0.717, 1.165) is 22.6 Å². The lowest BCUT2D eigenvalue weighted by Crippen LogP contribution is -2.00. The molecule has 0 saturated heterocycles. The molecule has 0 spiro atoms. The van der Waals surface area contributed by atoms with Crippen molar-refractivity contribution in [1.29, 1.82) is 0 Å². The van der Waals surface area contributed by atoms with Gasteiger partial charge in [-0.3, -0.25) is 4.57 Å². The maximum absolute atomic E-state index is 6.44. The zero-order chi connectivity index (χ0) is 21.1. The van der Waals surface area contributed by atoms with E-state index in [4.69, 9.17) is 39.5 Å². The van der Waals surface area contributed by atoms with Crippen molar-refractivity contribution in [2.75, 3.05) is 7.11 Å². The first kappa shape index (κ1) is 21.1. The summed E-state index contributed by atoms with van der Waals surface area (Å²) in [4.78, 5) is 0. The number of hydrogen-bond acceptors (Lipinski definition) is 4. The Hall–Kier alpha value is -2.18. The first-order valence-corrected chi connectivity index (χ1v) is 11.1. The maximum Gasteiger partial charge on any atom is 0.196 e. The smallest absolute Gasteiger partial charge is 0.196 e. The van der Waals surface area contributed by atoms with Crippen molar-refractivity contribution in [3.63, 3.8) is 0 Å². The predicted molar refractivity (Wildman–Crippen MR) is 124 cm³/mol. The minimum atomic E-state index is 0.455. The summed E-state index contributed by atoms with van der Waals surface area (Å²) in [5, 5.41) is 11.1. The number of methoxy groups -OCH3 is 1. The molecule has 0 unspecified atom stereocenters. The highest BCUT2D eigenvalue weighted by Gasteiger charge is 2.19. The van der Waals surface area contributed by atoms with Crippen LogP contribution in [0.5, 0.6) is 5.75 Å². The van der Waals surface area contributed by atoms with E-state index in [0.29, 0.717) is 31.8 Å². The summed E-state index contributed by atoms with van der Waals surface area (Å²) in [5.74, 6) is 2.14. The van der Waals surface area contributed by atoms with E-state index in [-0.39, 0.29) is 0 Å². The third-order valence-corrected chi connectivity index (χ3v) is 6.48. The van der Waals surface area contributed by atoms with Crippen LogP contribution in [-0.2, 0) is 5.75 Å². The highest BCUT2D eigenvalue weighted by Crippen LogP contribution is 2.35. The highest BCUT2D eigenvalue weighted by atomic mass is 35.5. The maximum atomic E-state index is 6.44. The van der Waals surface area contributed by atoms with Gasteiger partial charge in [-0.05, 0) is 48.0 Å². The van der Waals surface area contributed by atoms with E-state index < -0.39 is 0 Å². The molecule has 8 heteroatoms. The molecular formula is C22H16Cl3N3OS. The molecule has 0 aliphatic rings. The molecule has 1 aromatic heterocycles. The molecule has 4 aromatic rings.